The Morgan fingerprint density at radius 2 is 1.83 bits per heavy atom. The Balaban J connectivity index is 2.66. The van der Waals surface area contributed by atoms with E-state index in [9.17, 15) is 13.2 Å². The standard InChI is InChI=1S/C12H16F3NOS/c1-7(12(6-17)18-2)16-5-8-3-10(14)11(15)4-9(8)13/h3-4,7,12,16-17H,5-6H2,1-2H3. The third kappa shape index (κ3) is 3.90. The van der Waals surface area contributed by atoms with Gasteiger partial charge in [0.1, 0.15) is 5.82 Å². The molecule has 0 bridgehead atoms. The van der Waals surface area contributed by atoms with Gasteiger partial charge in [0.2, 0.25) is 0 Å². The highest BCUT2D eigenvalue weighted by Gasteiger charge is 2.16. The highest BCUT2D eigenvalue weighted by molar-refractivity contribution is 7.99. The molecule has 0 saturated heterocycles. The lowest BCUT2D eigenvalue weighted by molar-refractivity contribution is 0.275. The van der Waals surface area contributed by atoms with Crippen molar-refractivity contribution >= 4 is 11.8 Å². The van der Waals surface area contributed by atoms with Crippen LogP contribution in [0.1, 0.15) is 12.5 Å². The van der Waals surface area contributed by atoms with Crippen LogP contribution in [-0.2, 0) is 6.54 Å². The van der Waals surface area contributed by atoms with Crippen LogP contribution in [0.15, 0.2) is 12.1 Å². The predicted molar refractivity (Wildman–Crippen MR) is 67.0 cm³/mol. The largest absolute Gasteiger partial charge is 0.395 e. The van der Waals surface area contributed by atoms with Crippen LogP contribution < -0.4 is 5.32 Å². The van der Waals surface area contributed by atoms with E-state index in [0.29, 0.717) is 6.07 Å². The van der Waals surface area contributed by atoms with Crippen molar-refractivity contribution in [2.45, 2.75) is 24.8 Å². The summed E-state index contributed by atoms with van der Waals surface area (Å²) in [6.07, 6.45) is 1.86. The van der Waals surface area contributed by atoms with E-state index >= 15 is 0 Å². The molecule has 0 amide bonds. The number of rotatable bonds is 6. The summed E-state index contributed by atoms with van der Waals surface area (Å²) in [4.78, 5) is 0. The van der Waals surface area contributed by atoms with E-state index in [1.54, 1.807) is 0 Å². The highest BCUT2D eigenvalue weighted by Crippen LogP contribution is 2.15. The lowest BCUT2D eigenvalue weighted by atomic mass is 10.1. The van der Waals surface area contributed by atoms with Crippen molar-refractivity contribution in [2.75, 3.05) is 12.9 Å². The summed E-state index contributed by atoms with van der Waals surface area (Å²) in [7, 11) is 0. The molecule has 6 heteroatoms. The number of hydrogen-bond donors (Lipinski definition) is 2. The van der Waals surface area contributed by atoms with Crippen LogP contribution in [-0.4, -0.2) is 29.3 Å². The molecular weight excluding hydrogens is 263 g/mol. The predicted octanol–water partition coefficient (Wildman–Crippen LogP) is 2.31. The molecule has 1 aromatic carbocycles. The van der Waals surface area contributed by atoms with E-state index in [0.717, 1.165) is 6.07 Å². The van der Waals surface area contributed by atoms with Crippen molar-refractivity contribution < 1.29 is 18.3 Å². The topological polar surface area (TPSA) is 32.3 Å². The number of aliphatic hydroxyl groups is 1. The van der Waals surface area contributed by atoms with Crippen molar-refractivity contribution in [3.63, 3.8) is 0 Å². The summed E-state index contributed by atoms with van der Waals surface area (Å²) in [5.41, 5.74) is 0.0681. The molecule has 0 spiro atoms. The average Bonchev–Trinajstić information content (AvgIpc) is 2.33. The van der Waals surface area contributed by atoms with Gasteiger partial charge in [-0.25, -0.2) is 13.2 Å². The van der Waals surface area contributed by atoms with Gasteiger partial charge in [-0.05, 0) is 19.2 Å². The van der Waals surface area contributed by atoms with Gasteiger partial charge >= 0.3 is 0 Å². The number of thioether (sulfide) groups is 1. The van der Waals surface area contributed by atoms with Gasteiger partial charge < -0.3 is 10.4 Å². The molecule has 0 fully saturated rings. The lowest BCUT2D eigenvalue weighted by Gasteiger charge is -2.21. The molecule has 0 heterocycles. The fourth-order valence-corrected chi connectivity index (χ4v) is 2.19. The molecule has 18 heavy (non-hydrogen) atoms. The zero-order chi connectivity index (χ0) is 13.7. The fourth-order valence-electron chi connectivity index (χ4n) is 1.54. The van der Waals surface area contributed by atoms with E-state index < -0.39 is 17.5 Å². The summed E-state index contributed by atoms with van der Waals surface area (Å²) in [6.45, 7) is 1.92. The van der Waals surface area contributed by atoms with Gasteiger partial charge in [0.25, 0.3) is 0 Å². The van der Waals surface area contributed by atoms with Crippen molar-refractivity contribution in [2.24, 2.45) is 0 Å². The zero-order valence-corrected chi connectivity index (χ0v) is 11.0. The molecule has 2 N–H and O–H groups in total. The Hall–Kier alpha value is -0.720. The van der Waals surface area contributed by atoms with Crippen LogP contribution in [0, 0.1) is 17.5 Å². The van der Waals surface area contributed by atoms with Gasteiger partial charge in [-0.2, -0.15) is 11.8 Å². The van der Waals surface area contributed by atoms with Crippen LogP contribution in [0.3, 0.4) is 0 Å². The fraction of sp³-hybridized carbons (Fsp3) is 0.500. The minimum absolute atomic E-state index is 0.00437. The highest BCUT2D eigenvalue weighted by atomic mass is 32.2. The van der Waals surface area contributed by atoms with Crippen LogP contribution in [0.5, 0.6) is 0 Å². The van der Waals surface area contributed by atoms with Gasteiger partial charge in [0.15, 0.2) is 11.6 Å². The number of halogens is 3. The number of hydrogen-bond acceptors (Lipinski definition) is 3. The maximum absolute atomic E-state index is 13.3. The molecule has 0 aliphatic heterocycles. The molecule has 1 rings (SSSR count). The first-order chi connectivity index (χ1) is 8.49. The summed E-state index contributed by atoms with van der Waals surface area (Å²) < 4.78 is 39.0. The van der Waals surface area contributed by atoms with E-state index in [-0.39, 0.29) is 30.0 Å². The van der Waals surface area contributed by atoms with Crippen molar-refractivity contribution in [1.82, 2.24) is 5.32 Å². The van der Waals surface area contributed by atoms with Crippen LogP contribution in [0.25, 0.3) is 0 Å². The smallest absolute Gasteiger partial charge is 0.161 e. The molecule has 2 atom stereocenters. The minimum atomic E-state index is -1.19. The normalized spacial score (nSPS) is 14.6. The molecule has 0 saturated carbocycles. The Morgan fingerprint density at radius 3 is 2.39 bits per heavy atom. The molecule has 0 aromatic heterocycles. The monoisotopic (exact) mass is 279 g/mol. The average molecular weight is 279 g/mol. The van der Waals surface area contributed by atoms with Gasteiger partial charge in [-0.15, -0.1) is 0 Å². The summed E-state index contributed by atoms with van der Waals surface area (Å²) >= 11 is 1.48. The maximum atomic E-state index is 13.3. The van der Waals surface area contributed by atoms with Crippen LogP contribution >= 0.6 is 11.8 Å². The second-order valence-electron chi connectivity index (χ2n) is 3.98. The molecule has 0 radical (unpaired) electrons. The minimum Gasteiger partial charge on any atom is -0.395 e. The third-order valence-corrected chi connectivity index (χ3v) is 3.91. The maximum Gasteiger partial charge on any atom is 0.161 e. The van der Waals surface area contributed by atoms with Crippen molar-refractivity contribution in [3.05, 3.63) is 35.1 Å². The first-order valence-corrected chi connectivity index (χ1v) is 6.78. The molecule has 102 valence electrons. The Kier molecular flexibility index (Phi) is 5.98. The van der Waals surface area contributed by atoms with E-state index in [4.69, 9.17) is 5.11 Å². The Bertz CT molecular complexity index is 399. The number of aliphatic hydroxyl groups excluding tert-OH is 1. The van der Waals surface area contributed by atoms with E-state index in [2.05, 4.69) is 5.32 Å². The molecule has 2 unspecified atom stereocenters. The SMILES string of the molecule is CSC(CO)C(C)NCc1cc(F)c(F)cc1F. The van der Waals surface area contributed by atoms with Gasteiger partial charge in [0, 0.05) is 29.5 Å². The summed E-state index contributed by atoms with van der Waals surface area (Å²) in [6, 6.07) is 1.31. The van der Waals surface area contributed by atoms with Crippen molar-refractivity contribution in [1.29, 1.82) is 0 Å². The second-order valence-corrected chi connectivity index (χ2v) is 5.06. The Morgan fingerprint density at radius 1 is 1.22 bits per heavy atom. The quantitative estimate of drug-likeness (QED) is 0.784. The Labute approximate surface area is 109 Å². The van der Waals surface area contributed by atoms with Crippen LogP contribution in [0.4, 0.5) is 13.2 Å². The first kappa shape index (κ1) is 15.3. The summed E-state index contributed by atoms with van der Waals surface area (Å²) in [5, 5.41) is 12.0. The van der Waals surface area contributed by atoms with Crippen LogP contribution in [0.2, 0.25) is 0 Å². The van der Waals surface area contributed by atoms with Gasteiger partial charge in [-0.1, -0.05) is 0 Å². The molecule has 0 aliphatic rings. The molecule has 0 aliphatic carbocycles. The molecule has 1 aromatic rings. The zero-order valence-electron chi connectivity index (χ0n) is 10.2. The van der Waals surface area contributed by atoms with Crippen molar-refractivity contribution in [3.8, 4) is 0 Å². The number of benzene rings is 1. The van der Waals surface area contributed by atoms with Gasteiger partial charge in [-0.3, -0.25) is 0 Å². The summed E-state index contributed by atoms with van der Waals surface area (Å²) in [5.74, 6) is -3.04. The van der Waals surface area contributed by atoms with E-state index in [1.807, 2.05) is 13.2 Å². The molecule has 2 nitrogen and oxygen atoms in total. The van der Waals surface area contributed by atoms with Gasteiger partial charge in [0.05, 0.1) is 6.61 Å². The number of nitrogens with one attached hydrogen (secondary N) is 1. The lowest BCUT2D eigenvalue weighted by Crippen LogP contribution is -2.37. The third-order valence-electron chi connectivity index (χ3n) is 2.74. The van der Waals surface area contributed by atoms with E-state index in [1.165, 1.54) is 11.8 Å². The molecular formula is C12H16F3NOS. The second kappa shape index (κ2) is 7.01. The first-order valence-electron chi connectivity index (χ1n) is 5.50.